The van der Waals surface area contributed by atoms with Crippen LogP contribution in [0.15, 0.2) is 30.3 Å². The minimum absolute atomic E-state index is 0.580. The van der Waals surface area contributed by atoms with Gasteiger partial charge < -0.3 is 10.1 Å². The van der Waals surface area contributed by atoms with E-state index in [0.717, 1.165) is 24.8 Å². The number of hydrogen-bond donors (Lipinski definition) is 1. The van der Waals surface area contributed by atoms with Crippen LogP contribution in [0.1, 0.15) is 33.6 Å². The Balaban J connectivity index is 2.04. The van der Waals surface area contributed by atoms with Crippen LogP contribution in [0.5, 0.6) is 5.75 Å². The molecule has 0 aliphatic carbocycles. The van der Waals surface area contributed by atoms with Gasteiger partial charge in [0, 0.05) is 12.6 Å². The minimum atomic E-state index is 0.580. The van der Waals surface area contributed by atoms with E-state index in [1.807, 2.05) is 30.3 Å². The van der Waals surface area contributed by atoms with E-state index in [-0.39, 0.29) is 0 Å². The van der Waals surface area contributed by atoms with Gasteiger partial charge in [-0.05, 0) is 37.8 Å². The van der Waals surface area contributed by atoms with Crippen LogP contribution in [0, 0.1) is 5.92 Å². The maximum Gasteiger partial charge on any atom is 0.119 e. The first-order valence-corrected chi connectivity index (χ1v) is 6.59. The molecule has 0 saturated carbocycles. The fourth-order valence-electron chi connectivity index (χ4n) is 1.68. The molecule has 1 rings (SSSR count). The summed E-state index contributed by atoms with van der Waals surface area (Å²) in [6, 6.07) is 10.5. The number of nitrogens with one attached hydrogen (secondary N) is 1. The average molecular weight is 235 g/mol. The minimum Gasteiger partial charge on any atom is -0.492 e. The predicted octanol–water partition coefficient (Wildman–Crippen LogP) is 3.48. The Kier molecular flexibility index (Phi) is 6.71. The Hall–Kier alpha value is -1.02. The molecule has 2 nitrogen and oxygen atoms in total. The van der Waals surface area contributed by atoms with Gasteiger partial charge in [-0.25, -0.2) is 0 Å². The molecule has 1 aromatic rings. The number of ether oxygens (including phenoxy) is 1. The van der Waals surface area contributed by atoms with Crippen molar-refractivity contribution in [3.05, 3.63) is 30.3 Å². The SMILES string of the molecule is CC(C)CCC(C)NCCOc1ccccc1. The highest BCUT2D eigenvalue weighted by molar-refractivity contribution is 5.20. The van der Waals surface area contributed by atoms with Crippen molar-refractivity contribution >= 4 is 0 Å². The number of benzene rings is 1. The van der Waals surface area contributed by atoms with Crippen LogP contribution in [0.2, 0.25) is 0 Å². The molecule has 2 heteroatoms. The van der Waals surface area contributed by atoms with E-state index in [1.165, 1.54) is 12.8 Å². The fraction of sp³-hybridized carbons (Fsp3) is 0.600. The first kappa shape index (κ1) is 14.0. The van der Waals surface area contributed by atoms with E-state index in [2.05, 4.69) is 26.1 Å². The third-order valence-electron chi connectivity index (χ3n) is 2.78. The van der Waals surface area contributed by atoms with E-state index < -0.39 is 0 Å². The summed E-state index contributed by atoms with van der Waals surface area (Å²) in [7, 11) is 0. The van der Waals surface area contributed by atoms with E-state index in [0.29, 0.717) is 6.04 Å². The lowest BCUT2D eigenvalue weighted by Gasteiger charge is -2.15. The lowest BCUT2D eigenvalue weighted by molar-refractivity contribution is 0.303. The first-order chi connectivity index (χ1) is 8.18. The molecule has 0 spiro atoms. The summed E-state index contributed by atoms with van der Waals surface area (Å²) >= 11 is 0. The summed E-state index contributed by atoms with van der Waals surface area (Å²) < 4.78 is 5.62. The highest BCUT2D eigenvalue weighted by Gasteiger charge is 2.02. The summed E-state index contributed by atoms with van der Waals surface area (Å²) in [5.41, 5.74) is 0. The van der Waals surface area contributed by atoms with E-state index >= 15 is 0 Å². The Bertz CT molecular complexity index is 284. The second-order valence-electron chi connectivity index (χ2n) is 4.99. The maximum absolute atomic E-state index is 5.62. The molecule has 1 unspecified atom stereocenters. The van der Waals surface area contributed by atoms with Crippen molar-refractivity contribution in [3.63, 3.8) is 0 Å². The Morgan fingerprint density at radius 2 is 1.76 bits per heavy atom. The van der Waals surface area contributed by atoms with Crippen LogP contribution >= 0.6 is 0 Å². The third-order valence-corrected chi connectivity index (χ3v) is 2.78. The predicted molar refractivity (Wildman–Crippen MR) is 73.5 cm³/mol. The van der Waals surface area contributed by atoms with Gasteiger partial charge in [-0.15, -0.1) is 0 Å². The van der Waals surface area contributed by atoms with Crippen molar-refractivity contribution in [1.29, 1.82) is 0 Å². The van der Waals surface area contributed by atoms with Gasteiger partial charge in [0.1, 0.15) is 12.4 Å². The highest BCUT2D eigenvalue weighted by atomic mass is 16.5. The van der Waals surface area contributed by atoms with Crippen LogP contribution < -0.4 is 10.1 Å². The van der Waals surface area contributed by atoms with Gasteiger partial charge in [0.25, 0.3) is 0 Å². The summed E-state index contributed by atoms with van der Waals surface area (Å²) in [6.45, 7) is 8.42. The molecule has 17 heavy (non-hydrogen) atoms. The van der Waals surface area contributed by atoms with Crippen molar-refractivity contribution in [3.8, 4) is 5.75 Å². The third kappa shape index (κ3) is 7.01. The molecule has 0 amide bonds. The van der Waals surface area contributed by atoms with Crippen molar-refractivity contribution in [2.45, 2.75) is 39.7 Å². The van der Waals surface area contributed by atoms with Crippen LogP contribution in [-0.2, 0) is 0 Å². The standard InChI is InChI=1S/C15H25NO/c1-13(2)9-10-14(3)16-11-12-17-15-7-5-4-6-8-15/h4-8,13-14,16H,9-12H2,1-3H3. The summed E-state index contributed by atoms with van der Waals surface area (Å²) in [5.74, 6) is 1.74. The summed E-state index contributed by atoms with van der Waals surface area (Å²) in [4.78, 5) is 0. The highest BCUT2D eigenvalue weighted by Crippen LogP contribution is 2.08. The van der Waals surface area contributed by atoms with Crippen LogP contribution in [-0.4, -0.2) is 19.2 Å². The molecule has 0 aliphatic rings. The molecule has 0 aliphatic heterocycles. The molecule has 96 valence electrons. The lowest BCUT2D eigenvalue weighted by atomic mass is 10.0. The number of para-hydroxylation sites is 1. The van der Waals surface area contributed by atoms with Crippen LogP contribution in [0.3, 0.4) is 0 Å². The van der Waals surface area contributed by atoms with Crippen molar-refractivity contribution in [2.24, 2.45) is 5.92 Å². The van der Waals surface area contributed by atoms with E-state index in [1.54, 1.807) is 0 Å². The molecule has 1 atom stereocenters. The number of rotatable bonds is 8. The quantitative estimate of drug-likeness (QED) is 0.697. The maximum atomic E-state index is 5.62. The molecular formula is C15H25NO. The van der Waals surface area contributed by atoms with Gasteiger partial charge in [0.15, 0.2) is 0 Å². The summed E-state index contributed by atoms with van der Waals surface area (Å²) in [6.07, 6.45) is 2.52. The van der Waals surface area contributed by atoms with Gasteiger partial charge in [-0.1, -0.05) is 32.0 Å². The molecule has 0 radical (unpaired) electrons. The topological polar surface area (TPSA) is 21.3 Å². The van der Waals surface area contributed by atoms with Crippen LogP contribution in [0.25, 0.3) is 0 Å². The van der Waals surface area contributed by atoms with Crippen molar-refractivity contribution in [1.82, 2.24) is 5.32 Å². The fourth-order valence-corrected chi connectivity index (χ4v) is 1.68. The van der Waals surface area contributed by atoms with Gasteiger partial charge in [-0.2, -0.15) is 0 Å². The molecule has 0 saturated heterocycles. The molecule has 0 fully saturated rings. The van der Waals surface area contributed by atoms with Gasteiger partial charge in [0.2, 0.25) is 0 Å². The summed E-state index contributed by atoms with van der Waals surface area (Å²) in [5, 5.41) is 3.48. The van der Waals surface area contributed by atoms with Gasteiger partial charge >= 0.3 is 0 Å². The second kappa shape index (κ2) is 8.13. The smallest absolute Gasteiger partial charge is 0.119 e. The van der Waals surface area contributed by atoms with Crippen molar-refractivity contribution in [2.75, 3.05) is 13.2 Å². The Labute approximate surface area is 105 Å². The Morgan fingerprint density at radius 1 is 1.06 bits per heavy atom. The molecule has 1 aromatic carbocycles. The van der Waals surface area contributed by atoms with Crippen LogP contribution in [0.4, 0.5) is 0 Å². The van der Waals surface area contributed by atoms with E-state index in [4.69, 9.17) is 4.74 Å². The zero-order valence-electron chi connectivity index (χ0n) is 11.3. The molecular weight excluding hydrogens is 210 g/mol. The monoisotopic (exact) mass is 235 g/mol. The largest absolute Gasteiger partial charge is 0.492 e. The first-order valence-electron chi connectivity index (χ1n) is 6.59. The van der Waals surface area contributed by atoms with E-state index in [9.17, 15) is 0 Å². The lowest BCUT2D eigenvalue weighted by Crippen LogP contribution is -2.30. The van der Waals surface area contributed by atoms with Gasteiger partial charge in [-0.3, -0.25) is 0 Å². The van der Waals surface area contributed by atoms with Crippen molar-refractivity contribution < 1.29 is 4.74 Å². The zero-order chi connectivity index (χ0) is 12.5. The zero-order valence-corrected chi connectivity index (χ0v) is 11.3. The molecule has 0 heterocycles. The Morgan fingerprint density at radius 3 is 2.41 bits per heavy atom. The average Bonchev–Trinajstić information content (AvgIpc) is 2.33. The molecule has 0 aromatic heterocycles. The normalized spacial score (nSPS) is 12.7. The number of hydrogen-bond acceptors (Lipinski definition) is 2. The second-order valence-corrected chi connectivity index (χ2v) is 4.99. The molecule has 1 N–H and O–H groups in total. The molecule has 0 bridgehead atoms. The van der Waals surface area contributed by atoms with Gasteiger partial charge in [0.05, 0.1) is 0 Å².